The van der Waals surface area contributed by atoms with Gasteiger partial charge in [0.05, 0.1) is 29.4 Å². The van der Waals surface area contributed by atoms with Crippen molar-refractivity contribution in [3.63, 3.8) is 0 Å². The molecule has 34 heavy (non-hydrogen) atoms. The van der Waals surface area contributed by atoms with Crippen molar-refractivity contribution in [2.75, 3.05) is 13.2 Å². The van der Waals surface area contributed by atoms with Crippen molar-refractivity contribution in [3.8, 4) is 0 Å². The van der Waals surface area contributed by atoms with Gasteiger partial charge in [0.15, 0.2) is 5.78 Å². The van der Waals surface area contributed by atoms with Crippen molar-refractivity contribution in [2.24, 2.45) is 0 Å². The predicted molar refractivity (Wildman–Crippen MR) is 112 cm³/mol. The number of alkyl halides is 6. The van der Waals surface area contributed by atoms with Gasteiger partial charge in [-0.1, -0.05) is 30.3 Å². The monoisotopic (exact) mass is 489 g/mol. The summed E-state index contributed by atoms with van der Waals surface area (Å²) in [7, 11) is 0. The number of Topliss-reactive ketones (excluding diaryl/α,β-unsaturated/α-hetero) is 1. The lowest BCUT2D eigenvalue weighted by molar-refractivity contribution is -0.143. The topological polar surface area (TPSA) is 58.6 Å². The molecule has 2 aromatic carbocycles. The number of halogens is 6. The summed E-state index contributed by atoms with van der Waals surface area (Å²) < 4.78 is 85.2. The third-order valence-corrected chi connectivity index (χ3v) is 6.33. The Balaban J connectivity index is 1.89. The van der Waals surface area contributed by atoms with Crippen LogP contribution in [0, 0.1) is 0 Å². The van der Waals surface area contributed by atoms with Gasteiger partial charge in [0.25, 0.3) is 0 Å². The Hall–Kier alpha value is -2.43. The van der Waals surface area contributed by atoms with Crippen LogP contribution in [0.5, 0.6) is 0 Å². The lowest BCUT2D eigenvalue weighted by atomic mass is 9.76. The number of piperidine rings is 1. The molecular weight excluding hydrogens is 464 g/mol. The van der Waals surface area contributed by atoms with E-state index in [0.29, 0.717) is 12.1 Å². The zero-order valence-electron chi connectivity index (χ0n) is 18.6. The maximum atomic E-state index is 13.2. The quantitative estimate of drug-likeness (QED) is 0.534. The first-order valence-corrected chi connectivity index (χ1v) is 10.6. The van der Waals surface area contributed by atoms with E-state index < -0.39 is 46.5 Å². The summed E-state index contributed by atoms with van der Waals surface area (Å²) in [6.07, 6.45) is -10.6. The minimum Gasteiger partial charge on any atom is -0.381 e. The summed E-state index contributed by atoms with van der Waals surface area (Å²) in [5.41, 5.74) is -4.78. The van der Waals surface area contributed by atoms with Crippen LogP contribution in [0.3, 0.4) is 0 Å². The zero-order chi connectivity index (χ0) is 25.4. The lowest BCUT2D eigenvalue weighted by Gasteiger charge is -2.44. The summed E-state index contributed by atoms with van der Waals surface area (Å²) in [6.45, 7) is 2.48. The highest BCUT2D eigenvalue weighted by Gasteiger charge is 2.45. The van der Waals surface area contributed by atoms with Crippen molar-refractivity contribution >= 4 is 5.78 Å². The summed E-state index contributed by atoms with van der Waals surface area (Å²) in [5, 5.41) is 13.7. The molecular formula is C24H25F6NO3. The number of benzene rings is 2. The Labute approximate surface area is 192 Å². The number of ketones is 1. The van der Waals surface area contributed by atoms with Crippen molar-refractivity contribution in [2.45, 2.75) is 56.3 Å². The molecule has 3 rings (SSSR count). The van der Waals surface area contributed by atoms with Crippen LogP contribution in [0.15, 0.2) is 48.5 Å². The summed E-state index contributed by atoms with van der Waals surface area (Å²) in [4.78, 5) is 11.8. The molecule has 2 aromatic rings. The van der Waals surface area contributed by atoms with Gasteiger partial charge in [-0.3, -0.25) is 4.79 Å². The molecule has 0 spiro atoms. The average Bonchev–Trinajstić information content (AvgIpc) is 2.78. The highest BCUT2D eigenvalue weighted by molar-refractivity contribution is 5.85. The third-order valence-electron chi connectivity index (χ3n) is 6.33. The van der Waals surface area contributed by atoms with Crippen molar-refractivity contribution in [1.29, 1.82) is 0 Å². The predicted octanol–water partition coefficient (Wildman–Crippen LogP) is 5.40. The molecule has 0 aliphatic carbocycles. The number of aliphatic hydroxyl groups is 1. The molecule has 1 aliphatic heterocycles. The van der Waals surface area contributed by atoms with Gasteiger partial charge >= 0.3 is 12.4 Å². The number of carbonyl (C=O) groups is 1. The van der Waals surface area contributed by atoms with Gasteiger partial charge in [0.2, 0.25) is 0 Å². The Morgan fingerprint density at radius 3 is 2.03 bits per heavy atom. The van der Waals surface area contributed by atoms with E-state index in [2.05, 4.69) is 5.32 Å². The second-order valence-corrected chi connectivity index (χ2v) is 8.68. The molecule has 2 unspecified atom stereocenters. The van der Waals surface area contributed by atoms with Crippen LogP contribution in [-0.2, 0) is 27.4 Å². The second kappa shape index (κ2) is 9.31. The molecule has 0 amide bonds. The Morgan fingerprint density at radius 2 is 1.59 bits per heavy atom. The van der Waals surface area contributed by atoms with Crippen molar-refractivity contribution < 1.29 is 41.0 Å². The second-order valence-electron chi connectivity index (χ2n) is 8.68. The number of ether oxygens (including phenoxy) is 1. The fourth-order valence-corrected chi connectivity index (χ4v) is 4.00. The van der Waals surface area contributed by atoms with Crippen LogP contribution in [-0.4, -0.2) is 29.6 Å². The first-order valence-electron chi connectivity index (χ1n) is 10.6. The van der Waals surface area contributed by atoms with Gasteiger partial charge in [-0.15, -0.1) is 0 Å². The first kappa shape index (κ1) is 26.2. The van der Waals surface area contributed by atoms with Gasteiger partial charge in [-0.25, -0.2) is 0 Å². The maximum Gasteiger partial charge on any atom is 0.416 e. The van der Waals surface area contributed by atoms with Crippen LogP contribution < -0.4 is 5.32 Å². The molecule has 1 fully saturated rings. The van der Waals surface area contributed by atoms with E-state index >= 15 is 0 Å². The Kier molecular flexibility index (Phi) is 7.17. The van der Waals surface area contributed by atoms with E-state index in [9.17, 15) is 36.2 Å². The fraction of sp³-hybridized carbons (Fsp3) is 0.458. The van der Waals surface area contributed by atoms with Crippen LogP contribution >= 0.6 is 0 Å². The summed E-state index contributed by atoms with van der Waals surface area (Å²) in [5.74, 6) is -0.403. The van der Waals surface area contributed by atoms with Gasteiger partial charge < -0.3 is 15.2 Å². The maximum absolute atomic E-state index is 13.2. The summed E-state index contributed by atoms with van der Waals surface area (Å²) >= 11 is 0. The molecule has 0 radical (unpaired) electrons. The minimum atomic E-state index is -4.96. The molecule has 1 heterocycles. The van der Waals surface area contributed by atoms with Crippen LogP contribution in [0.25, 0.3) is 0 Å². The number of carbonyl (C=O) groups excluding carboxylic acids is 1. The van der Waals surface area contributed by atoms with E-state index in [1.807, 2.05) is 0 Å². The molecule has 2 N–H and O–H groups in total. The molecule has 0 saturated carbocycles. The largest absolute Gasteiger partial charge is 0.416 e. The number of hydrogen-bond donors (Lipinski definition) is 2. The van der Waals surface area contributed by atoms with Crippen molar-refractivity contribution in [3.05, 3.63) is 70.8 Å². The number of hydrogen-bond acceptors (Lipinski definition) is 4. The first-order chi connectivity index (χ1) is 15.7. The number of rotatable bonds is 6. The highest BCUT2D eigenvalue weighted by atomic mass is 19.4. The van der Waals surface area contributed by atoms with E-state index in [4.69, 9.17) is 4.74 Å². The lowest BCUT2D eigenvalue weighted by Crippen LogP contribution is -2.60. The Morgan fingerprint density at radius 1 is 1.03 bits per heavy atom. The van der Waals surface area contributed by atoms with E-state index in [0.717, 1.165) is 5.56 Å². The van der Waals surface area contributed by atoms with Crippen LogP contribution in [0.4, 0.5) is 26.3 Å². The van der Waals surface area contributed by atoms with E-state index in [-0.39, 0.29) is 37.6 Å². The number of nitrogens with one attached hydrogen (secondary N) is 1. The van der Waals surface area contributed by atoms with Gasteiger partial charge in [0.1, 0.15) is 5.60 Å². The van der Waals surface area contributed by atoms with Crippen LogP contribution in [0.1, 0.15) is 55.0 Å². The van der Waals surface area contributed by atoms with Crippen molar-refractivity contribution in [1.82, 2.24) is 5.32 Å². The van der Waals surface area contributed by atoms with E-state index in [1.54, 1.807) is 30.3 Å². The third kappa shape index (κ3) is 5.61. The smallest absolute Gasteiger partial charge is 0.381 e. The summed E-state index contributed by atoms with van der Waals surface area (Å²) in [6, 6.07) is 10.3. The molecule has 0 aromatic heterocycles. The molecule has 4 nitrogen and oxygen atoms in total. The number of β-amino-alcohol motifs (C(OH)–C–C–N with tert-alkyl or cyclic N) is 1. The molecule has 1 aliphatic rings. The minimum absolute atomic E-state index is 0.0727. The SMILES string of the molecule is CC(=O)C1(O)CCC(CO[C@H](C)c2cc(C(F)(F)F)cc(C(F)(F)F)c2)(c2ccccc2)NC1. The molecule has 186 valence electrons. The average molecular weight is 489 g/mol. The molecule has 10 heteroatoms. The normalized spacial score (nSPS) is 24.6. The fourth-order valence-electron chi connectivity index (χ4n) is 4.00. The highest BCUT2D eigenvalue weighted by Crippen LogP contribution is 2.39. The molecule has 1 saturated heterocycles. The molecule has 0 bridgehead atoms. The van der Waals surface area contributed by atoms with Crippen LogP contribution in [0.2, 0.25) is 0 Å². The van der Waals surface area contributed by atoms with Gasteiger partial charge in [-0.2, -0.15) is 26.3 Å². The van der Waals surface area contributed by atoms with E-state index in [1.165, 1.54) is 13.8 Å². The Bertz CT molecular complexity index is 979. The standard InChI is InChI=1S/C24H25F6NO3/c1-15(17-10-19(23(25,26)27)12-20(11-17)24(28,29)30)34-14-21(18-6-4-3-5-7-18)8-9-22(33,13-31-21)16(2)32/h3-7,10-12,15,31,33H,8-9,13-14H2,1-2H3/t15-,21?,22?/m1/s1. The van der Waals surface area contributed by atoms with Gasteiger partial charge in [0, 0.05) is 6.54 Å². The van der Waals surface area contributed by atoms with Gasteiger partial charge in [-0.05, 0) is 56.0 Å². The zero-order valence-corrected chi connectivity index (χ0v) is 18.6. The molecule has 3 atom stereocenters.